The quantitative estimate of drug-likeness (QED) is 0.152. The van der Waals surface area contributed by atoms with Crippen LogP contribution in [0.25, 0.3) is 56.4 Å². The molecule has 0 saturated carbocycles. The summed E-state index contributed by atoms with van der Waals surface area (Å²) in [5, 5.41) is 10.2. The van der Waals surface area contributed by atoms with Gasteiger partial charge in [-0.05, 0) is 72.8 Å². The molecule has 6 heteroatoms. The first-order chi connectivity index (χ1) is 26.3. The minimum absolute atomic E-state index is 0.926. The largest absolute Gasteiger partial charge is 0.310 e. The number of rotatable bonds is 9. The molecule has 0 radical (unpaired) electrons. The fraction of sp³-hybridized carbons (Fsp3) is 0. The summed E-state index contributed by atoms with van der Waals surface area (Å²) >= 11 is 0. The van der Waals surface area contributed by atoms with Gasteiger partial charge >= 0.3 is 0 Å². The molecule has 6 aromatic carbocycles. The minimum atomic E-state index is 0.926. The second kappa shape index (κ2) is 14.1. The van der Waals surface area contributed by atoms with Crippen molar-refractivity contribution >= 4 is 17.1 Å². The average Bonchev–Trinajstić information content (AvgIpc) is 3.90. The molecule has 0 unspecified atom stereocenters. The van der Waals surface area contributed by atoms with Crippen molar-refractivity contribution in [1.29, 1.82) is 0 Å². The zero-order valence-electron chi connectivity index (χ0n) is 28.8. The first kappa shape index (κ1) is 31.7. The van der Waals surface area contributed by atoms with Crippen LogP contribution in [0.4, 0.5) is 17.1 Å². The third-order valence-corrected chi connectivity index (χ3v) is 9.32. The van der Waals surface area contributed by atoms with E-state index in [1.807, 2.05) is 82.4 Å². The number of benzene rings is 6. The van der Waals surface area contributed by atoms with Gasteiger partial charge in [-0.25, -0.2) is 9.36 Å². The van der Waals surface area contributed by atoms with Crippen molar-refractivity contribution in [3.63, 3.8) is 0 Å². The molecule has 6 nitrogen and oxygen atoms in total. The van der Waals surface area contributed by atoms with Crippen LogP contribution < -0.4 is 4.90 Å². The maximum absolute atomic E-state index is 5.09. The van der Waals surface area contributed by atoms with Crippen LogP contribution in [-0.2, 0) is 0 Å². The lowest BCUT2D eigenvalue weighted by molar-refractivity contribution is 0.891. The highest BCUT2D eigenvalue weighted by atomic mass is 15.3. The van der Waals surface area contributed by atoms with Crippen LogP contribution in [0.1, 0.15) is 0 Å². The minimum Gasteiger partial charge on any atom is -0.310 e. The first-order valence-corrected chi connectivity index (χ1v) is 17.6. The monoisotopic (exact) mass is 682 g/mol. The summed E-state index contributed by atoms with van der Waals surface area (Å²) in [5.74, 6) is 0. The summed E-state index contributed by atoms with van der Waals surface area (Å²) in [5.41, 5.74) is 13.3. The van der Waals surface area contributed by atoms with Crippen molar-refractivity contribution < 1.29 is 0 Å². The van der Waals surface area contributed by atoms with Gasteiger partial charge in [0, 0.05) is 51.7 Å². The van der Waals surface area contributed by atoms with Crippen LogP contribution in [0.3, 0.4) is 0 Å². The zero-order valence-corrected chi connectivity index (χ0v) is 28.8. The van der Waals surface area contributed by atoms with E-state index in [2.05, 4.69) is 143 Å². The summed E-state index contributed by atoms with van der Waals surface area (Å²) in [4.78, 5) is 6.54. The summed E-state index contributed by atoms with van der Waals surface area (Å²) in [6.07, 6.45) is 3.65. The van der Waals surface area contributed by atoms with Crippen LogP contribution in [0.5, 0.6) is 0 Å². The molecule has 3 heterocycles. The molecule has 3 aromatic heterocycles. The fourth-order valence-electron chi connectivity index (χ4n) is 6.71. The predicted molar refractivity (Wildman–Crippen MR) is 215 cm³/mol. The summed E-state index contributed by atoms with van der Waals surface area (Å²) in [6, 6.07) is 67.0. The summed E-state index contributed by atoms with van der Waals surface area (Å²) in [7, 11) is 0. The first-order valence-electron chi connectivity index (χ1n) is 17.6. The third-order valence-electron chi connectivity index (χ3n) is 9.32. The number of hydrogen-bond donors (Lipinski definition) is 0. The molecule has 0 aliphatic rings. The van der Waals surface area contributed by atoms with E-state index < -0.39 is 0 Å². The summed E-state index contributed by atoms with van der Waals surface area (Å²) < 4.78 is 4.07. The van der Waals surface area contributed by atoms with Crippen molar-refractivity contribution in [2.24, 2.45) is 0 Å². The maximum Gasteiger partial charge on any atom is 0.0934 e. The van der Waals surface area contributed by atoms with Gasteiger partial charge in [0.15, 0.2) is 0 Å². The second-order valence-electron chi connectivity index (χ2n) is 12.7. The highest BCUT2D eigenvalue weighted by molar-refractivity contribution is 5.78. The SMILES string of the molecule is c1ccc(-c2cc(-c3ccccc3)n(-c3ccc(N(c4ccncc4)c4ccc(-n5nc(-c6ccccc6)cc5-c5ccccc5)cc4)cc3)n2)cc1. The molecule has 0 N–H and O–H groups in total. The fourth-order valence-corrected chi connectivity index (χ4v) is 6.71. The van der Waals surface area contributed by atoms with Crippen LogP contribution in [0, 0.1) is 0 Å². The van der Waals surface area contributed by atoms with E-state index >= 15 is 0 Å². The Labute approximate surface area is 308 Å². The summed E-state index contributed by atoms with van der Waals surface area (Å²) in [6.45, 7) is 0. The highest BCUT2D eigenvalue weighted by Crippen LogP contribution is 2.37. The van der Waals surface area contributed by atoms with Gasteiger partial charge in [0.2, 0.25) is 0 Å². The van der Waals surface area contributed by atoms with Gasteiger partial charge in [-0.15, -0.1) is 0 Å². The van der Waals surface area contributed by atoms with Gasteiger partial charge < -0.3 is 4.90 Å². The molecule has 0 spiro atoms. The lowest BCUT2D eigenvalue weighted by Crippen LogP contribution is -2.10. The molecule has 0 aliphatic heterocycles. The van der Waals surface area contributed by atoms with Gasteiger partial charge in [0.05, 0.1) is 34.2 Å². The zero-order chi connectivity index (χ0) is 35.4. The van der Waals surface area contributed by atoms with E-state index in [0.717, 1.165) is 73.5 Å². The lowest BCUT2D eigenvalue weighted by atomic mass is 10.1. The van der Waals surface area contributed by atoms with E-state index in [9.17, 15) is 0 Å². The van der Waals surface area contributed by atoms with Crippen molar-refractivity contribution in [3.05, 3.63) is 207 Å². The molecule has 0 amide bonds. The van der Waals surface area contributed by atoms with Crippen LogP contribution in [0.2, 0.25) is 0 Å². The van der Waals surface area contributed by atoms with Gasteiger partial charge in [-0.1, -0.05) is 121 Å². The molecule has 53 heavy (non-hydrogen) atoms. The predicted octanol–water partition coefficient (Wildman–Crippen LogP) is 11.6. The Bertz CT molecular complexity index is 2400. The lowest BCUT2D eigenvalue weighted by Gasteiger charge is -2.25. The number of hydrogen-bond acceptors (Lipinski definition) is 4. The normalized spacial score (nSPS) is 11.0. The van der Waals surface area contributed by atoms with Gasteiger partial charge in [0.1, 0.15) is 0 Å². The molecule has 9 aromatic rings. The van der Waals surface area contributed by atoms with Crippen molar-refractivity contribution in [2.75, 3.05) is 4.90 Å². The Morgan fingerprint density at radius 1 is 0.340 bits per heavy atom. The Morgan fingerprint density at radius 2 is 0.679 bits per heavy atom. The van der Waals surface area contributed by atoms with E-state index in [0.29, 0.717) is 0 Å². The molecule has 9 rings (SSSR count). The Kier molecular flexibility index (Phi) is 8.44. The van der Waals surface area contributed by atoms with Crippen LogP contribution in [0.15, 0.2) is 207 Å². The smallest absolute Gasteiger partial charge is 0.0934 e. The standard InChI is InChI=1S/C47H34N6/c1-5-13-35(14-6-1)44-33-46(37-17-9-3-10-18-37)52(49-44)42-25-21-39(22-26-42)51(41-29-31-48-32-30-41)40-23-27-43(28-24-40)53-47(38-19-11-4-12-20-38)34-45(50-53)36-15-7-2-8-16-36/h1-34H. The third kappa shape index (κ3) is 6.41. The molecule has 0 saturated heterocycles. The molecule has 0 atom stereocenters. The Hall–Kier alpha value is -7.31. The molecule has 0 aliphatic carbocycles. The molecule has 0 bridgehead atoms. The molecule has 252 valence electrons. The van der Waals surface area contributed by atoms with Gasteiger partial charge in [-0.2, -0.15) is 10.2 Å². The van der Waals surface area contributed by atoms with Crippen molar-refractivity contribution in [2.45, 2.75) is 0 Å². The molecular formula is C47H34N6. The van der Waals surface area contributed by atoms with Crippen molar-refractivity contribution in [3.8, 4) is 56.4 Å². The average molecular weight is 683 g/mol. The second-order valence-corrected chi connectivity index (χ2v) is 12.7. The van der Waals surface area contributed by atoms with E-state index in [-0.39, 0.29) is 0 Å². The number of nitrogens with zero attached hydrogens (tertiary/aromatic N) is 6. The van der Waals surface area contributed by atoms with E-state index in [4.69, 9.17) is 10.2 Å². The van der Waals surface area contributed by atoms with Gasteiger partial charge in [-0.3, -0.25) is 4.98 Å². The highest BCUT2D eigenvalue weighted by Gasteiger charge is 2.18. The van der Waals surface area contributed by atoms with E-state index in [1.165, 1.54) is 0 Å². The molecular weight excluding hydrogens is 649 g/mol. The molecule has 0 fully saturated rings. The van der Waals surface area contributed by atoms with Crippen LogP contribution >= 0.6 is 0 Å². The van der Waals surface area contributed by atoms with Crippen molar-refractivity contribution in [1.82, 2.24) is 24.5 Å². The topological polar surface area (TPSA) is 51.8 Å². The maximum atomic E-state index is 5.09. The van der Waals surface area contributed by atoms with E-state index in [1.54, 1.807) is 0 Å². The number of anilines is 3. The number of pyridine rings is 1. The Morgan fingerprint density at radius 3 is 1.06 bits per heavy atom. The van der Waals surface area contributed by atoms with Gasteiger partial charge in [0.25, 0.3) is 0 Å². The number of aromatic nitrogens is 5. The van der Waals surface area contributed by atoms with Crippen LogP contribution in [-0.4, -0.2) is 24.5 Å². The Balaban J connectivity index is 1.09.